The van der Waals surface area contributed by atoms with E-state index in [1.54, 1.807) is 11.3 Å². The number of aromatic nitrogens is 4. The van der Waals surface area contributed by atoms with Crippen molar-refractivity contribution in [2.45, 2.75) is 63.3 Å². The number of rotatable bonds is 11. The Morgan fingerprint density at radius 2 is 1.28 bits per heavy atom. The van der Waals surface area contributed by atoms with Crippen LogP contribution in [0, 0.1) is 13.8 Å². The lowest BCUT2D eigenvalue weighted by Crippen LogP contribution is -2.04. The number of fused-ring (bicyclic) bond motifs is 6. The third-order valence-corrected chi connectivity index (χ3v) is 12.9. The zero-order chi connectivity index (χ0) is 36.5. The summed E-state index contributed by atoms with van der Waals surface area (Å²) in [4.78, 5) is 1.80. The van der Waals surface area contributed by atoms with E-state index < -0.39 is 10.1 Å². The molecule has 1 N–H and O–H groups in total. The standard InChI is InChI=1S/C41H40N4O5S3/c1-27-10-14-29(15-11-27)25-44-38-31(18-21-49-35-20-23-51-40(35)38)33(42-44)8-6-4-3-5-7-9-34-32-19-22-50-36-24-37(53(46,47)48)52-41(36)39(32)45(43-34)26-30-16-12-28(2)13-17-30/h6-17,20,23-24H,3-5,18-19,21-22,25-26H2,1-2H3,(H,46,47,48). The number of aryl methyl sites for hydroxylation is 2. The van der Waals surface area contributed by atoms with Gasteiger partial charge in [0.15, 0.2) is 4.21 Å². The number of benzene rings is 2. The van der Waals surface area contributed by atoms with Crippen LogP contribution >= 0.6 is 22.7 Å². The highest BCUT2D eigenvalue weighted by molar-refractivity contribution is 7.88. The maximum absolute atomic E-state index is 12.0. The Morgan fingerprint density at radius 1 is 0.755 bits per heavy atom. The zero-order valence-corrected chi connectivity index (χ0v) is 32.1. The van der Waals surface area contributed by atoms with Crippen molar-refractivity contribution in [1.29, 1.82) is 0 Å². The number of thiophene rings is 2. The molecule has 0 spiro atoms. The van der Waals surface area contributed by atoms with E-state index in [-0.39, 0.29) is 4.21 Å². The first-order valence-corrected chi connectivity index (χ1v) is 20.9. The Hall–Kier alpha value is -4.75. The highest BCUT2D eigenvalue weighted by atomic mass is 32.3. The molecule has 0 bridgehead atoms. The summed E-state index contributed by atoms with van der Waals surface area (Å²) in [6, 6.07) is 20.4. The highest BCUT2D eigenvalue weighted by Crippen LogP contribution is 2.45. The molecule has 0 amide bonds. The van der Waals surface area contributed by atoms with Gasteiger partial charge in [0.1, 0.15) is 11.5 Å². The average Bonchev–Trinajstić information content (AvgIpc) is 3.87. The van der Waals surface area contributed by atoms with E-state index in [1.807, 2.05) is 4.68 Å². The van der Waals surface area contributed by atoms with Gasteiger partial charge in [0.05, 0.1) is 58.8 Å². The fraction of sp³-hybridized carbons (Fsp3) is 0.268. The lowest BCUT2D eigenvalue weighted by molar-refractivity contribution is 0.326. The van der Waals surface area contributed by atoms with E-state index in [1.165, 1.54) is 28.3 Å². The Labute approximate surface area is 317 Å². The van der Waals surface area contributed by atoms with E-state index >= 15 is 0 Å². The SMILES string of the molecule is Cc1ccc(Cn2nc(C=CCCCC=Cc3nn(Cc4ccc(C)cc4)c4c3CCOc3cc(S(=O)(=O)O)sc3-4)c3c2-c2sccc2OCC3)cc1. The fourth-order valence-corrected chi connectivity index (χ4v) is 9.62. The van der Waals surface area contributed by atoms with Crippen LogP contribution < -0.4 is 9.47 Å². The van der Waals surface area contributed by atoms with Gasteiger partial charge in [-0.05, 0) is 67.8 Å². The largest absolute Gasteiger partial charge is 0.492 e. The van der Waals surface area contributed by atoms with Crippen LogP contribution in [0.15, 0.2) is 82.4 Å². The summed E-state index contributed by atoms with van der Waals surface area (Å²) in [5.74, 6) is 1.39. The minimum absolute atomic E-state index is 0.137. The van der Waals surface area contributed by atoms with Gasteiger partial charge < -0.3 is 9.47 Å². The van der Waals surface area contributed by atoms with Crippen LogP contribution in [-0.2, 0) is 36.0 Å². The molecular weight excluding hydrogens is 725 g/mol. The van der Waals surface area contributed by atoms with E-state index in [4.69, 9.17) is 19.7 Å². The minimum Gasteiger partial charge on any atom is -0.492 e. The normalized spacial score (nSPS) is 13.9. The van der Waals surface area contributed by atoms with Gasteiger partial charge in [-0.2, -0.15) is 18.6 Å². The second kappa shape index (κ2) is 14.9. The molecule has 272 valence electrons. The third kappa shape index (κ3) is 7.54. The predicted octanol–water partition coefficient (Wildman–Crippen LogP) is 9.26. The first kappa shape index (κ1) is 35.3. The maximum atomic E-state index is 12.0. The van der Waals surface area contributed by atoms with Crippen LogP contribution in [0.1, 0.15) is 64.0 Å². The van der Waals surface area contributed by atoms with Crippen molar-refractivity contribution in [3.05, 3.63) is 123 Å². The molecule has 2 aliphatic heterocycles. The molecule has 9 nitrogen and oxygen atoms in total. The zero-order valence-electron chi connectivity index (χ0n) is 29.6. The quantitative estimate of drug-likeness (QED) is 0.104. The predicted molar refractivity (Wildman–Crippen MR) is 212 cm³/mol. The topological polar surface area (TPSA) is 108 Å². The first-order valence-electron chi connectivity index (χ1n) is 17.8. The molecule has 12 heteroatoms. The fourth-order valence-electron chi connectivity index (χ4n) is 6.87. The van der Waals surface area contributed by atoms with Crippen molar-refractivity contribution in [2.75, 3.05) is 13.2 Å². The van der Waals surface area contributed by atoms with Gasteiger partial charge in [-0.3, -0.25) is 13.9 Å². The molecular formula is C41H40N4O5S3. The molecule has 0 fully saturated rings. The molecule has 0 aliphatic carbocycles. The van der Waals surface area contributed by atoms with Crippen LogP contribution in [0.5, 0.6) is 11.5 Å². The average molecular weight is 765 g/mol. The number of hydrogen-bond acceptors (Lipinski definition) is 8. The van der Waals surface area contributed by atoms with Gasteiger partial charge in [0, 0.05) is 30.0 Å². The van der Waals surface area contributed by atoms with Gasteiger partial charge in [-0.1, -0.05) is 71.8 Å². The maximum Gasteiger partial charge on any atom is 0.304 e. The van der Waals surface area contributed by atoms with E-state index in [2.05, 4.69) is 103 Å². The smallest absolute Gasteiger partial charge is 0.304 e. The second-order valence-corrected chi connectivity index (χ2v) is 17.1. The van der Waals surface area contributed by atoms with E-state index in [0.717, 1.165) is 81.5 Å². The summed E-state index contributed by atoms with van der Waals surface area (Å²) in [7, 11) is -4.37. The summed E-state index contributed by atoms with van der Waals surface area (Å²) >= 11 is 2.72. The van der Waals surface area contributed by atoms with Crippen LogP contribution in [0.2, 0.25) is 0 Å². The van der Waals surface area contributed by atoms with Gasteiger partial charge in [-0.15, -0.1) is 22.7 Å². The lowest BCUT2D eigenvalue weighted by atomic mass is 10.1. The van der Waals surface area contributed by atoms with Crippen LogP contribution in [0.25, 0.3) is 33.3 Å². The van der Waals surface area contributed by atoms with Crippen molar-refractivity contribution in [3.63, 3.8) is 0 Å². The summed E-state index contributed by atoms with van der Waals surface area (Å²) in [6.45, 7) is 6.39. The summed E-state index contributed by atoms with van der Waals surface area (Å²) in [5, 5.41) is 12.2. The molecule has 53 heavy (non-hydrogen) atoms. The Morgan fingerprint density at radius 3 is 1.83 bits per heavy atom. The van der Waals surface area contributed by atoms with Crippen LogP contribution in [0.3, 0.4) is 0 Å². The molecule has 6 aromatic rings. The van der Waals surface area contributed by atoms with Crippen LogP contribution in [0.4, 0.5) is 0 Å². The molecule has 0 saturated heterocycles. The monoisotopic (exact) mass is 764 g/mol. The molecule has 4 aromatic heterocycles. The molecule has 0 atom stereocenters. The molecule has 6 heterocycles. The van der Waals surface area contributed by atoms with Crippen molar-refractivity contribution in [2.24, 2.45) is 0 Å². The Kier molecular flexibility index (Phi) is 9.95. The summed E-state index contributed by atoms with van der Waals surface area (Å²) in [5.41, 5.74) is 10.8. The Balaban J connectivity index is 1.000. The minimum atomic E-state index is -4.37. The molecule has 0 saturated carbocycles. The summed E-state index contributed by atoms with van der Waals surface area (Å²) in [6.07, 6.45) is 12.8. The molecule has 0 unspecified atom stereocenters. The highest BCUT2D eigenvalue weighted by Gasteiger charge is 2.29. The van der Waals surface area contributed by atoms with Crippen molar-refractivity contribution in [3.8, 4) is 32.6 Å². The van der Waals surface area contributed by atoms with Gasteiger partial charge in [0.25, 0.3) is 0 Å². The molecule has 8 rings (SSSR count). The number of unbranched alkanes of at least 4 members (excludes halogenated alkanes) is 2. The van der Waals surface area contributed by atoms with Gasteiger partial charge >= 0.3 is 10.1 Å². The number of hydrogen-bond donors (Lipinski definition) is 1. The molecule has 2 aliphatic rings. The number of allylic oxidation sites excluding steroid dienone is 2. The molecule has 2 aromatic carbocycles. The van der Waals surface area contributed by atoms with Crippen LogP contribution in [-0.4, -0.2) is 45.7 Å². The van der Waals surface area contributed by atoms with Gasteiger partial charge in [-0.25, -0.2) is 0 Å². The van der Waals surface area contributed by atoms with Crippen molar-refractivity contribution >= 4 is 44.9 Å². The third-order valence-electron chi connectivity index (χ3n) is 9.57. The first-order chi connectivity index (χ1) is 25.7. The van der Waals surface area contributed by atoms with Crippen molar-refractivity contribution < 1.29 is 22.4 Å². The number of nitrogens with zero attached hydrogens (tertiary/aromatic N) is 4. The van der Waals surface area contributed by atoms with E-state index in [9.17, 15) is 13.0 Å². The second-order valence-electron chi connectivity index (χ2n) is 13.5. The lowest BCUT2D eigenvalue weighted by Gasteiger charge is -2.08. The van der Waals surface area contributed by atoms with E-state index in [0.29, 0.717) is 43.4 Å². The Bertz CT molecular complexity index is 2430. The molecule has 0 radical (unpaired) electrons. The number of ether oxygens (including phenoxy) is 2. The van der Waals surface area contributed by atoms with Crippen molar-refractivity contribution in [1.82, 2.24) is 19.6 Å². The summed E-state index contributed by atoms with van der Waals surface area (Å²) < 4.78 is 49.9. The van der Waals surface area contributed by atoms with Gasteiger partial charge in [0.2, 0.25) is 0 Å².